The fourth-order valence-electron chi connectivity index (χ4n) is 2.83. The van der Waals surface area contributed by atoms with Crippen LogP contribution in [0.4, 0.5) is 5.69 Å². The lowest BCUT2D eigenvalue weighted by Gasteiger charge is -2.09. The van der Waals surface area contributed by atoms with Crippen LogP contribution in [0.3, 0.4) is 0 Å². The molecular formula is C18H21N5O4. The standard InChI is InChI=1S/C18H21N5O4/c1-4-27-17(25)12-5-7-13(8-6-12)19-9-10-23-11-20-15-14(23)16(24)22(3)18(26)21(15)2/h5-8,11,19H,4,9-10H2,1-3H3. The first-order valence-corrected chi connectivity index (χ1v) is 8.56. The molecule has 3 aromatic rings. The molecule has 0 saturated carbocycles. The summed E-state index contributed by atoms with van der Waals surface area (Å²) >= 11 is 0. The molecule has 0 amide bonds. The highest BCUT2D eigenvalue weighted by Crippen LogP contribution is 2.11. The minimum Gasteiger partial charge on any atom is -0.462 e. The Labute approximate surface area is 154 Å². The largest absolute Gasteiger partial charge is 0.462 e. The Morgan fingerprint density at radius 3 is 2.52 bits per heavy atom. The number of benzene rings is 1. The molecule has 142 valence electrons. The van der Waals surface area contributed by atoms with Gasteiger partial charge in [-0.2, -0.15) is 0 Å². The van der Waals surface area contributed by atoms with Crippen LogP contribution < -0.4 is 16.6 Å². The highest BCUT2D eigenvalue weighted by Gasteiger charge is 2.13. The minimum absolute atomic E-state index is 0.336. The smallest absolute Gasteiger partial charge is 0.338 e. The quantitative estimate of drug-likeness (QED) is 0.641. The van der Waals surface area contributed by atoms with Gasteiger partial charge in [-0.1, -0.05) is 0 Å². The predicted molar refractivity (Wildman–Crippen MR) is 101 cm³/mol. The molecule has 0 fully saturated rings. The van der Waals surface area contributed by atoms with E-state index in [0.717, 1.165) is 10.3 Å². The minimum atomic E-state index is -0.405. The van der Waals surface area contributed by atoms with Gasteiger partial charge in [-0.05, 0) is 31.2 Å². The third-order valence-electron chi connectivity index (χ3n) is 4.30. The molecule has 2 aromatic heterocycles. The number of fused-ring (bicyclic) bond motifs is 1. The Morgan fingerprint density at radius 2 is 1.85 bits per heavy atom. The molecule has 9 nitrogen and oxygen atoms in total. The maximum atomic E-state index is 12.4. The highest BCUT2D eigenvalue weighted by molar-refractivity contribution is 5.89. The molecule has 27 heavy (non-hydrogen) atoms. The molecule has 0 spiro atoms. The van der Waals surface area contributed by atoms with Gasteiger partial charge < -0.3 is 14.6 Å². The van der Waals surface area contributed by atoms with E-state index in [9.17, 15) is 14.4 Å². The molecule has 0 radical (unpaired) electrons. The lowest BCUT2D eigenvalue weighted by molar-refractivity contribution is 0.0526. The van der Waals surface area contributed by atoms with Crippen LogP contribution >= 0.6 is 0 Å². The first-order valence-electron chi connectivity index (χ1n) is 8.56. The maximum Gasteiger partial charge on any atom is 0.338 e. The summed E-state index contributed by atoms with van der Waals surface area (Å²) in [6, 6.07) is 6.97. The van der Waals surface area contributed by atoms with Crippen molar-refractivity contribution in [2.45, 2.75) is 13.5 Å². The molecule has 0 unspecified atom stereocenters. The number of aryl methyl sites for hydroxylation is 1. The van der Waals surface area contributed by atoms with Crippen LogP contribution in [0.1, 0.15) is 17.3 Å². The van der Waals surface area contributed by atoms with E-state index in [1.54, 1.807) is 49.1 Å². The van der Waals surface area contributed by atoms with Crippen LogP contribution in [0.25, 0.3) is 11.2 Å². The molecule has 9 heteroatoms. The number of carbonyl (C=O) groups excluding carboxylic acids is 1. The third-order valence-corrected chi connectivity index (χ3v) is 4.30. The van der Waals surface area contributed by atoms with E-state index in [1.807, 2.05) is 0 Å². The van der Waals surface area contributed by atoms with E-state index >= 15 is 0 Å². The van der Waals surface area contributed by atoms with E-state index < -0.39 is 5.69 Å². The van der Waals surface area contributed by atoms with Gasteiger partial charge >= 0.3 is 11.7 Å². The lowest BCUT2D eigenvalue weighted by Crippen LogP contribution is -2.37. The van der Waals surface area contributed by atoms with Crippen molar-refractivity contribution >= 4 is 22.8 Å². The number of nitrogens with one attached hydrogen (secondary N) is 1. The second-order valence-electron chi connectivity index (χ2n) is 6.04. The number of aromatic nitrogens is 4. The molecule has 0 atom stereocenters. The maximum absolute atomic E-state index is 12.4. The molecule has 0 aliphatic heterocycles. The number of anilines is 1. The average molecular weight is 371 g/mol. The first kappa shape index (κ1) is 18.4. The van der Waals surface area contributed by atoms with Crippen molar-refractivity contribution in [1.29, 1.82) is 0 Å². The zero-order chi connectivity index (χ0) is 19.6. The van der Waals surface area contributed by atoms with Gasteiger partial charge in [-0.3, -0.25) is 13.9 Å². The summed E-state index contributed by atoms with van der Waals surface area (Å²) in [6.07, 6.45) is 1.55. The summed E-state index contributed by atoms with van der Waals surface area (Å²) in [6.45, 7) is 3.13. The summed E-state index contributed by atoms with van der Waals surface area (Å²) in [5.41, 5.74) is 1.31. The van der Waals surface area contributed by atoms with Crippen LogP contribution in [0.15, 0.2) is 40.2 Å². The summed E-state index contributed by atoms with van der Waals surface area (Å²) in [5.74, 6) is -0.351. The van der Waals surface area contributed by atoms with Crippen molar-refractivity contribution in [2.24, 2.45) is 14.1 Å². The normalized spacial score (nSPS) is 10.9. The molecule has 0 aliphatic carbocycles. The van der Waals surface area contributed by atoms with Crippen LogP contribution in [-0.2, 0) is 25.4 Å². The number of ether oxygens (including phenoxy) is 1. The van der Waals surface area contributed by atoms with Gasteiger partial charge in [0.05, 0.1) is 18.5 Å². The average Bonchev–Trinajstić information content (AvgIpc) is 3.09. The zero-order valence-electron chi connectivity index (χ0n) is 15.4. The van der Waals surface area contributed by atoms with Crippen LogP contribution in [-0.4, -0.2) is 37.8 Å². The molecule has 1 N–H and O–H groups in total. The summed E-state index contributed by atoms with van der Waals surface area (Å²) in [7, 11) is 3.04. The summed E-state index contributed by atoms with van der Waals surface area (Å²) < 4.78 is 9.10. The van der Waals surface area contributed by atoms with Crippen LogP contribution in [0.2, 0.25) is 0 Å². The molecule has 2 heterocycles. The zero-order valence-corrected chi connectivity index (χ0v) is 15.4. The van der Waals surface area contributed by atoms with Crippen molar-refractivity contribution in [3.05, 3.63) is 57.0 Å². The van der Waals surface area contributed by atoms with E-state index in [1.165, 1.54) is 11.6 Å². The number of hydrogen-bond donors (Lipinski definition) is 1. The van der Waals surface area contributed by atoms with Crippen molar-refractivity contribution in [1.82, 2.24) is 18.7 Å². The Balaban J connectivity index is 1.72. The number of carbonyl (C=O) groups is 1. The van der Waals surface area contributed by atoms with Gasteiger partial charge in [0, 0.05) is 32.9 Å². The van der Waals surface area contributed by atoms with E-state index in [4.69, 9.17) is 4.74 Å². The highest BCUT2D eigenvalue weighted by atomic mass is 16.5. The number of imidazole rings is 1. The van der Waals surface area contributed by atoms with Gasteiger partial charge in [-0.25, -0.2) is 14.6 Å². The fourth-order valence-corrected chi connectivity index (χ4v) is 2.83. The number of nitrogens with zero attached hydrogens (tertiary/aromatic N) is 4. The SMILES string of the molecule is CCOC(=O)c1ccc(NCCn2cnc3c2c(=O)n(C)c(=O)n3C)cc1. The van der Waals surface area contributed by atoms with Gasteiger partial charge in [0.2, 0.25) is 0 Å². The Kier molecular flexibility index (Phi) is 5.11. The summed E-state index contributed by atoms with van der Waals surface area (Å²) in [4.78, 5) is 40.2. The fraction of sp³-hybridized carbons (Fsp3) is 0.333. The molecular weight excluding hydrogens is 350 g/mol. The van der Waals surface area contributed by atoms with E-state index in [0.29, 0.717) is 36.4 Å². The first-order chi connectivity index (χ1) is 12.9. The van der Waals surface area contributed by atoms with Gasteiger partial charge in [0.15, 0.2) is 11.2 Å². The van der Waals surface area contributed by atoms with Crippen molar-refractivity contribution < 1.29 is 9.53 Å². The predicted octanol–water partition coefficient (Wildman–Crippen LogP) is 0.722. The monoisotopic (exact) mass is 371 g/mol. The van der Waals surface area contributed by atoms with E-state index in [-0.39, 0.29) is 11.5 Å². The third kappa shape index (κ3) is 3.48. The summed E-state index contributed by atoms with van der Waals surface area (Å²) in [5, 5.41) is 3.23. The molecule has 0 saturated heterocycles. The van der Waals surface area contributed by atoms with Crippen LogP contribution in [0.5, 0.6) is 0 Å². The van der Waals surface area contributed by atoms with Gasteiger partial charge in [0.1, 0.15) is 0 Å². The topological polar surface area (TPSA) is 100 Å². The lowest BCUT2D eigenvalue weighted by atomic mass is 10.2. The second kappa shape index (κ2) is 7.48. The van der Waals surface area contributed by atoms with Crippen molar-refractivity contribution in [2.75, 3.05) is 18.5 Å². The Hall–Kier alpha value is -3.36. The Bertz CT molecular complexity index is 1090. The molecule has 0 aliphatic rings. The molecule has 3 rings (SSSR count). The van der Waals surface area contributed by atoms with Crippen molar-refractivity contribution in [3.8, 4) is 0 Å². The Morgan fingerprint density at radius 1 is 1.15 bits per heavy atom. The number of hydrogen-bond acceptors (Lipinski definition) is 6. The van der Waals surface area contributed by atoms with Gasteiger partial charge in [0.25, 0.3) is 5.56 Å². The molecule has 1 aromatic carbocycles. The van der Waals surface area contributed by atoms with E-state index in [2.05, 4.69) is 10.3 Å². The van der Waals surface area contributed by atoms with Gasteiger partial charge in [-0.15, -0.1) is 0 Å². The van der Waals surface area contributed by atoms with Crippen LogP contribution in [0, 0.1) is 0 Å². The van der Waals surface area contributed by atoms with Crippen molar-refractivity contribution in [3.63, 3.8) is 0 Å². The number of esters is 1. The molecule has 0 bridgehead atoms. The number of rotatable bonds is 6. The second-order valence-corrected chi connectivity index (χ2v) is 6.04.